The number of amides is 1. The van der Waals surface area contributed by atoms with Gasteiger partial charge in [-0.2, -0.15) is 13.2 Å². The second kappa shape index (κ2) is 8.93. The highest BCUT2D eigenvalue weighted by molar-refractivity contribution is 5.99. The predicted molar refractivity (Wildman–Crippen MR) is 86.3 cm³/mol. The SMILES string of the molecule is O=C(NOCCO)c1ccc(F)c(F)c1Nc1ccc(CC(F)(F)F)cc1F. The van der Waals surface area contributed by atoms with Crippen LogP contribution in [0, 0.1) is 17.5 Å². The Balaban J connectivity index is 2.32. The molecule has 2 rings (SSSR count). The molecule has 0 aromatic heterocycles. The molecule has 28 heavy (non-hydrogen) atoms. The molecule has 2 aromatic carbocycles. The molecule has 0 heterocycles. The fourth-order valence-electron chi connectivity index (χ4n) is 2.22. The number of alkyl halides is 3. The molecule has 0 unspecified atom stereocenters. The molecule has 2 aromatic rings. The van der Waals surface area contributed by atoms with E-state index in [1.807, 2.05) is 5.48 Å². The highest BCUT2D eigenvalue weighted by atomic mass is 19.4. The first-order valence-corrected chi connectivity index (χ1v) is 7.75. The summed E-state index contributed by atoms with van der Waals surface area (Å²) in [7, 11) is 0. The molecular weight excluding hydrogens is 394 g/mol. The van der Waals surface area contributed by atoms with Gasteiger partial charge in [0, 0.05) is 0 Å². The van der Waals surface area contributed by atoms with E-state index in [1.165, 1.54) is 0 Å². The molecule has 0 saturated heterocycles. The normalized spacial score (nSPS) is 11.4. The van der Waals surface area contributed by atoms with Gasteiger partial charge in [0.1, 0.15) is 5.82 Å². The van der Waals surface area contributed by atoms with Crippen molar-refractivity contribution in [3.63, 3.8) is 0 Å². The molecule has 3 N–H and O–H groups in total. The van der Waals surface area contributed by atoms with Gasteiger partial charge in [-0.1, -0.05) is 6.07 Å². The molecule has 0 aliphatic heterocycles. The number of halogens is 6. The van der Waals surface area contributed by atoms with Gasteiger partial charge in [-0.15, -0.1) is 0 Å². The number of hydroxylamine groups is 1. The zero-order valence-electron chi connectivity index (χ0n) is 14.0. The monoisotopic (exact) mass is 408 g/mol. The van der Waals surface area contributed by atoms with Crippen LogP contribution in [-0.2, 0) is 11.3 Å². The van der Waals surface area contributed by atoms with Gasteiger partial charge in [0.25, 0.3) is 5.91 Å². The van der Waals surface area contributed by atoms with E-state index in [0.29, 0.717) is 12.1 Å². The summed E-state index contributed by atoms with van der Waals surface area (Å²) in [5.74, 6) is -5.03. The maximum Gasteiger partial charge on any atom is 0.393 e. The van der Waals surface area contributed by atoms with E-state index in [4.69, 9.17) is 5.11 Å². The Morgan fingerprint density at radius 2 is 1.79 bits per heavy atom. The van der Waals surface area contributed by atoms with Gasteiger partial charge in [0.05, 0.1) is 36.6 Å². The molecule has 152 valence electrons. The van der Waals surface area contributed by atoms with Crippen molar-refractivity contribution in [2.45, 2.75) is 12.6 Å². The lowest BCUT2D eigenvalue weighted by molar-refractivity contribution is -0.127. The summed E-state index contributed by atoms with van der Waals surface area (Å²) in [5, 5.41) is 10.8. The largest absolute Gasteiger partial charge is 0.394 e. The quantitative estimate of drug-likeness (QED) is 0.372. The number of benzene rings is 2. The minimum atomic E-state index is -4.55. The number of aliphatic hydroxyl groups excluding tert-OH is 1. The van der Waals surface area contributed by atoms with Crippen LogP contribution in [0.3, 0.4) is 0 Å². The molecule has 0 saturated carbocycles. The third kappa shape index (κ3) is 5.60. The predicted octanol–water partition coefficient (Wildman–Crippen LogP) is 3.61. The molecule has 0 radical (unpaired) electrons. The van der Waals surface area contributed by atoms with E-state index in [0.717, 1.165) is 18.2 Å². The van der Waals surface area contributed by atoms with E-state index in [1.54, 1.807) is 0 Å². The van der Waals surface area contributed by atoms with Crippen LogP contribution in [0.2, 0.25) is 0 Å². The summed E-state index contributed by atoms with van der Waals surface area (Å²) >= 11 is 0. The number of hydrogen-bond acceptors (Lipinski definition) is 4. The summed E-state index contributed by atoms with van der Waals surface area (Å²) < 4.78 is 79.0. The van der Waals surface area contributed by atoms with Gasteiger partial charge < -0.3 is 10.4 Å². The fourth-order valence-corrected chi connectivity index (χ4v) is 2.22. The number of hydrogen-bond donors (Lipinski definition) is 3. The van der Waals surface area contributed by atoms with Gasteiger partial charge in [0.2, 0.25) is 0 Å². The first kappa shape index (κ1) is 21.5. The summed E-state index contributed by atoms with van der Waals surface area (Å²) in [4.78, 5) is 16.6. The van der Waals surface area contributed by atoms with Crippen molar-refractivity contribution in [1.82, 2.24) is 5.48 Å². The van der Waals surface area contributed by atoms with Crippen molar-refractivity contribution in [2.24, 2.45) is 0 Å². The minimum absolute atomic E-state index is 0.270. The lowest BCUT2D eigenvalue weighted by Gasteiger charge is -2.15. The standard InChI is InChI=1S/C17H14F6N2O3/c18-11-3-2-10(16(27)25-28-6-5-26)15(14(11)20)24-13-4-1-9(7-12(13)19)8-17(21,22)23/h1-4,7,24,26H,5-6,8H2,(H,25,27). The van der Waals surface area contributed by atoms with E-state index < -0.39 is 59.5 Å². The molecule has 0 atom stereocenters. The van der Waals surface area contributed by atoms with Crippen LogP contribution >= 0.6 is 0 Å². The first-order chi connectivity index (χ1) is 13.1. The first-order valence-electron chi connectivity index (χ1n) is 7.75. The van der Waals surface area contributed by atoms with Crippen molar-refractivity contribution in [2.75, 3.05) is 18.5 Å². The average molecular weight is 408 g/mol. The lowest BCUT2D eigenvalue weighted by Crippen LogP contribution is -2.26. The zero-order chi connectivity index (χ0) is 20.9. The minimum Gasteiger partial charge on any atom is -0.394 e. The summed E-state index contributed by atoms with van der Waals surface area (Å²) in [6.45, 7) is -0.688. The van der Waals surface area contributed by atoms with E-state index >= 15 is 0 Å². The Morgan fingerprint density at radius 1 is 1.07 bits per heavy atom. The van der Waals surface area contributed by atoms with Crippen molar-refractivity contribution in [1.29, 1.82) is 0 Å². The number of carbonyl (C=O) groups excluding carboxylic acids is 1. The fraction of sp³-hybridized carbons (Fsp3) is 0.235. The highest BCUT2D eigenvalue weighted by Crippen LogP contribution is 2.29. The maximum absolute atomic E-state index is 14.2. The average Bonchev–Trinajstić information content (AvgIpc) is 2.60. The third-order valence-corrected chi connectivity index (χ3v) is 3.40. The van der Waals surface area contributed by atoms with Crippen molar-refractivity contribution >= 4 is 17.3 Å². The molecular formula is C17H14F6N2O3. The molecule has 0 spiro atoms. The van der Waals surface area contributed by atoms with Crippen LogP contribution in [0.1, 0.15) is 15.9 Å². The number of rotatable bonds is 7. The second-order valence-electron chi connectivity index (χ2n) is 5.52. The molecule has 1 amide bonds. The van der Waals surface area contributed by atoms with E-state index in [2.05, 4.69) is 10.2 Å². The molecule has 11 heteroatoms. The molecule has 0 bridgehead atoms. The Bertz CT molecular complexity index is 858. The van der Waals surface area contributed by atoms with Gasteiger partial charge >= 0.3 is 6.18 Å². The van der Waals surface area contributed by atoms with Gasteiger partial charge in [0.15, 0.2) is 11.6 Å². The Kier molecular flexibility index (Phi) is 6.86. The molecule has 0 aliphatic carbocycles. The topological polar surface area (TPSA) is 70.6 Å². The lowest BCUT2D eigenvalue weighted by atomic mass is 10.1. The van der Waals surface area contributed by atoms with Crippen molar-refractivity contribution < 1.29 is 41.1 Å². The van der Waals surface area contributed by atoms with Crippen LogP contribution in [0.4, 0.5) is 37.7 Å². The number of anilines is 2. The van der Waals surface area contributed by atoms with E-state index in [-0.39, 0.29) is 12.2 Å². The Labute approximate surface area is 154 Å². The summed E-state index contributed by atoms with van der Waals surface area (Å²) in [6, 6.07) is 4.01. The Hall–Kier alpha value is -2.79. The van der Waals surface area contributed by atoms with Gasteiger partial charge in [-0.25, -0.2) is 18.7 Å². The molecule has 0 aliphatic rings. The summed E-state index contributed by atoms with van der Waals surface area (Å²) in [5.41, 5.74) is -0.171. The second-order valence-corrected chi connectivity index (χ2v) is 5.52. The van der Waals surface area contributed by atoms with E-state index in [9.17, 15) is 31.1 Å². The van der Waals surface area contributed by atoms with Crippen molar-refractivity contribution in [3.05, 3.63) is 58.9 Å². The van der Waals surface area contributed by atoms with Crippen LogP contribution < -0.4 is 10.8 Å². The zero-order valence-corrected chi connectivity index (χ0v) is 14.0. The number of nitrogens with one attached hydrogen (secondary N) is 2. The number of carbonyl (C=O) groups is 1. The van der Waals surface area contributed by atoms with Gasteiger partial charge in [-0.3, -0.25) is 9.63 Å². The third-order valence-electron chi connectivity index (χ3n) is 3.40. The van der Waals surface area contributed by atoms with Crippen LogP contribution in [-0.4, -0.2) is 30.4 Å². The van der Waals surface area contributed by atoms with Gasteiger partial charge in [-0.05, 0) is 29.8 Å². The van der Waals surface area contributed by atoms with Crippen LogP contribution in [0.5, 0.6) is 0 Å². The van der Waals surface area contributed by atoms with Crippen molar-refractivity contribution in [3.8, 4) is 0 Å². The smallest absolute Gasteiger partial charge is 0.393 e. The molecule has 0 fully saturated rings. The van der Waals surface area contributed by atoms with Crippen LogP contribution in [0.15, 0.2) is 30.3 Å². The number of aliphatic hydroxyl groups is 1. The maximum atomic E-state index is 14.2. The van der Waals surface area contributed by atoms with Crippen LogP contribution in [0.25, 0.3) is 0 Å². The highest BCUT2D eigenvalue weighted by Gasteiger charge is 2.28. The Morgan fingerprint density at radius 3 is 2.39 bits per heavy atom. The molecule has 5 nitrogen and oxygen atoms in total. The summed E-state index contributed by atoms with van der Waals surface area (Å²) in [6.07, 6.45) is -5.91.